The van der Waals surface area contributed by atoms with E-state index in [0.29, 0.717) is 12.2 Å². The standard InChI is InChI=1S/C10H15BrN2O2/c1-10(2,15-3)6-13-9(14)8-4-7(11)5-12-8/h4-5,12H,6H2,1-3H3,(H,13,14). The van der Waals surface area contributed by atoms with Crippen molar-refractivity contribution in [1.82, 2.24) is 10.3 Å². The van der Waals surface area contributed by atoms with Crippen LogP contribution in [0.25, 0.3) is 0 Å². The van der Waals surface area contributed by atoms with Gasteiger partial charge in [0.05, 0.1) is 5.60 Å². The molecule has 1 heterocycles. The number of ether oxygens (including phenoxy) is 1. The van der Waals surface area contributed by atoms with Crippen molar-refractivity contribution in [2.75, 3.05) is 13.7 Å². The number of nitrogens with one attached hydrogen (secondary N) is 2. The Balaban J connectivity index is 2.50. The van der Waals surface area contributed by atoms with Gasteiger partial charge in [0, 0.05) is 24.3 Å². The molecule has 0 saturated heterocycles. The van der Waals surface area contributed by atoms with Crippen LogP contribution in [0.2, 0.25) is 0 Å². The normalized spacial score (nSPS) is 11.5. The van der Waals surface area contributed by atoms with Crippen molar-refractivity contribution in [1.29, 1.82) is 0 Å². The number of H-pyrrole nitrogens is 1. The van der Waals surface area contributed by atoms with Gasteiger partial charge in [-0.15, -0.1) is 0 Å². The Kier molecular flexibility index (Phi) is 3.93. The van der Waals surface area contributed by atoms with Gasteiger partial charge in [0.1, 0.15) is 5.69 Å². The summed E-state index contributed by atoms with van der Waals surface area (Å²) in [6.45, 7) is 4.30. The predicted molar refractivity (Wildman–Crippen MR) is 61.9 cm³/mol. The third kappa shape index (κ3) is 3.68. The van der Waals surface area contributed by atoms with Crippen LogP contribution in [0.15, 0.2) is 16.7 Å². The van der Waals surface area contributed by atoms with Crippen molar-refractivity contribution < 1.29 is 9.53 Å². The first-order valence-electron chi connectivity index (χ1n) is 4.62. The zero-order chi connectivity index (χ0) is 11.5. The fourth-order valence-electron chi connectivity index (χ4n) is 0.960. The van der Waals surface area contributed by atoms with Gasteiger partial charge in [-0.3, -0.25) is 4.79 Å². The van der Waals surface area contributed by atoms with Crippen LogP contribution < -0.4 is 5.32 Å². The molecule has 84 valence electrons. The Morgan fingerprint density at radius 2 is 2.33 bits per heavy atom. The van der Waals surface area contributed by atoms with Crippen LogP contribution in [-0.4, -0.2) is 30.1 Å². The Hall–Kier alpha value is -0.810. The highest BCUT2D eigenvalue weighted by molar-refractivity contribution is 9.10. The first-order valence-corrected chi connectivity index (χ1v) is 5.41. The summed E-state index contributed by atoms with van der Waals surface area (Å²) >= 11 is 3.27. The van der Waals surface area contributed by atoms with E-state index in [1.54, 1.807) is 19.4 Å². The monoisotopic (exact) mass is 274 g/mol. The van der Waals surface area contributed by atoms with Gasteiger partial charge >= 0.3 is 0 Å². The smallest absolute Gasteiger partial charge is 0.267 e. The van der Waals surface area contributed by atoms with Crippen LogP contribution in [0.1, 0.15) is 24.3 Å². The van der Waals surface area contributed by atoms with Gasteiger partial charge in [0.15, 0.2) is 0 Å². The highest BCUT2D eigenvalue weighted by atomic mass is 79.9. The minimum Gasteiger partial charge on any atom is -0.377 e. The molecule has 1 rings (SSSR count). The first kappa shape index (κ1) is 12.3. The molecule has 0 aliphatic heterocycles. The van der Waals surface area contributed by atoms with E-state index in [1.165, 1.54) is 0 Å². The number of carbonyl (C=O) groups excluding carboxylic acids is 1. The Labute approximate surface area is 97.5 Å². The van der Waals surface area contributed by atoms with Gasteiger partial charge in [-0.1, -0.05) is 0 Å². The Morgan fingerprint density at radius 3 is 2.80 bits per heavy atom. The number of methoxy groups -OCH3 is 1. The number of aromatic nitrogens is 1. The molecule has 0 saturated carbocycles. The Morgan fingerprint density at radius 1 is 1.67 bits per heavy atom. The summed E-state index contributed by atoms with van der Waals surface area (Å²) in [4.78, 5) is 14.5. The van der Waals surface area contributed by atoms with Crippen LogP contribution in [0.5, 0.6) is 0 Å². The lowest BCUT2D eigenvalue weighted by Crippen LogP contribution is -2.39. The van der Waals surface area contributed by atoms with Crippen LogP contribution in [-0.2, 0) is 4.74 Å². The summed E-state index contributed by atoms with van der Waals surface area (Å²) in [5.74, 6) is -0.133. The lowest BCUT2D eigenvalue weighted by molar-refractivity contribution is 0.0228. The fraction of sp³-hybridized carbons (Fsp3) is 0.500. The molecule has 0 aliphatic rings. The van der Waals surface area contributed by atoms with Crippen molar-refractivity contribution in [2.45, 2.75) is 19.4 Å². The van der Waals surface area contributed by atoms with Crippen LogP contribution >= 0.6 is 15.9 Å². The molecule has 0 aliphatic carbocycles. The maximum atomic E-state index is 11.6. The molecule has 1 aromatic rings. The molecule has 1 amide bonds. The van der Waals surface area contributed by atoms with E-state index < -0.39 is 0 Å². The summed E-state index contributed by atoms with van der Waals surface area (Å²) < 4.78 is 6.05. The van der Waals surface area contributed by atoms with Crippen molar-refractivity contribution >= 4 is 21.8 Å². The predicted octanol–water partition coefficient (Wildman–Crippen LogP) is 1.93. The van der Waals surface area contributed by atoms with Gasteiger partial charge < -0.3 is 15.0 Å². The van der Waals surface area contributed by atoms with E-state index in [9.17, 15) is 4.79 Å². The van der Waals surface area contributed by atoms with Crippen molar-refractivity contribution in [3.63, 3.8) is 0 Å². The second-order valence-corrected chi connectivity index (χ2v) is 4.79. The second-order valence-electron chi connectivity index (χ2n) is 3.88. The minimum absolute atomic E-state index is 0.133. The van der Waals surface area contributed by atoms with Crippen LogP contribution in [0.4, 0.5) is 0 Å². The average Bonchev–Trinajstić information content (AvgIpc) is 2.61. The molecule has 5 heteroatoms. The Bertz CT molecular complexity index is 347. The molecule has 0 radical (unpaired) electrons. The third-order valence-electron chi connectivity index (χ3n) is 2.12. The molecular formula is C10H15BrN2O2. The van der Waals surface area contributed by atoms with Crippen LogP contribution in [0, 0.1) is 0 Å². The largest absolute Gasteiger partial charge is 0.377 e. The number of carbonyl (C=O) groups is 1. The zero-order valence-electron chi connectivity index (χ0n) is 9.06. The van der Waals surface area contributed by atoms with E-state index in [-0.39, 0.29) is 11.5 Å². The number of halogens is 1. The molecule has 0 atom stereocenters. The number of aromatic amines is 1. The van der Waals surface area contributed by atoms with Crippen molar-refractivity contribution in [3.8, 4) is 0 Å². The van der Waals surface area contributed by atoms with Crippen LogP contribution in [0.3, 0.4) is 0 Å². The molecule has 0 spiro atoms. The summed E-state index contributed by atoms with van der Waals surface area (Å²) in [7, 11) is 1.62. The molecule has 0 fully saturated rings. The quantitative estimate of drug-likeness (QED) is 0.882. The zero-order valence-corrected chi connectivity index (χ0v) is 10.6. The lowest BCUT2D eigenvalue weighted by Gasteiger charge is -2.22. The molecule has 1 aromatic heterocycles. The second kappa shape index (κ2) is 4.81. The third-order valence-corrected chi connectivity index (χ3v) is 2.58. The van der Waals surface area contributed by atoms with E-state index >= 15 is 0 Å². The number of hydrogen-bond donors (Lipinski definition) is 2. The molecule has 0 aromatic carbocycles. The van der Waals surface area contributed by atoms with E-state index in [4.69, 9.17) is 4.74 Å². The summed E-state index contributed by atoms with van der Waals surface area (Å²) in [5.41, 5.74) is 0.188. The lowest BCUT2D eigenvalue weighted by atomic mass is 10.1. The summed E-state index contributed by atoms with van der Waals surface area (Å²) in [6, 6.07) is 1.73. The van der Waals surface area contributed by atoms with E-state index in [1.807, 2.05) is 13.8 Å². The van der Waals surface area contributed by atoms with Gasteiger partial charge in [-0.05, 0) is 35.8 Å². The molecule has 2 N–H and O–H groups in total. The SMILES string of the molecule is COC(C)(C)CNC(=O)c1cc(Br)c[nH]1. The summed E-state index contributed by atoms with van der Waals surface area (Å²) in [5, 5.41) is 2.79. The maximum absolute atomic E-state index is 11.6. The van der Waals surface area contributed by atoms with Gasteiger partial charge in [0.2, 0.25) is 0 Å². The fourth-order valence-corrected chi connectivity index (χ4v) is 1.30. The molecule has 0 unspecified atom stereocenters. The number of amides is 1. The van der Waals surface area contributed by atoms with Crippen molar-refractivity contribution in [3.05, 3.63) is 22.4 Å². The molecular weight excluding hydrogens is 260 g/mol. The average molecular weight is 275 g/mol. The molecule has 15 heavy (non-hydrogen) atoms. The number of hydrogen-bond acceptors (Lipinski definition) is 2. The van der Waals surface area contributed by atoms with E-state index in [0.717, 1.165) is 4.47 Å². The van der Waals surface area contributed by atoms with Crippen molar-refractivity contribution in [2.24, 2.45) is 0 Å². The molecule has 0 bridgehead atoms. The summed E-state index contributed by atoms with van der Waals surface area (Å²) in [6.07, 6.45) is 1.72. The van der Waals surface area contributed by atoms with E-state index in [2.05, 4.69) is 26.2 Å². The molecule has 4 nitrogen and oxygen atoms in total. The van der Waals surface area contributed by atoms with Gasteiger partial charge in [-0.2, -0.15) is 0 Å². The topological polar surface area (TPSA) is 54.1 Å². The van der Waals surface area contributed by atoms with Gasteiger partial charge in [0.25, 0.3) is 5.91 Å². The highest BCUT2D eigenvalue weighted by Crippen LogP contribution is 2.11. The first-order chi connectivity index (χ1) is 6.94. The minimum atomic E-state index is -0.348. The number of rotatable bonds is 4. The highest BCUT2D eigenvalue weighted by Gasteiger charge is 2.18. The van der Waals surface area contributed by atoms with Gasteiger partial charge in [-0.25, -0.2) is 0 Å². The maximum Gasteiger partial charge on any atom is 0.267 e.